The number of nitrogens with two attached hydrogens (primary N) is 1. The minimum Gasteiger partial charge on any atom is -0.366 e. The van der Waals surface area contributed by atoms with Crippen LogP contribution >= 0.6 is 0 Å². The Balaban J connectivity index is 1.90. The fourth-order valence-electron chi connectivity index (χ4n) is 1.87. The minimum absolute atomic E-state index is 0.364. The highest BCUT2D eigenvalue weighted by atomic mass is 16.2. The lowest BCUT2D eigenvalue weighted by molar-refractivity contribution is 0.100. The van der Waals surface area contributed by atoms with Crippen molar-refractivity contribution in [3.63, 3.8) is 0 Å². The van der Waals surface area contributed by atoms with Crippen LogP contribution in [-0.2, 0) is 0 Å². The Morgan fingerprint density at radius 3 is 2.36 bits per heavy atom. The van der Waals surface area contributed by atoms with Gasteiger partial charge in [0.2, 0.25) is 5.91 Å². The van der Waals surface area contributed by atoms with Crippen LogP contribution in [0.15, 0.2) is 54.7 Å². The first-order valence-corrected chi connectivity index (χ1v) is 6.76. The van der Waals surface area contributed by atoms with Crippen molar-refractivity contribution in [1.29, 1.82) is 0 Å². The number of benzene rings is 2. The van der Waals surface area contributed by atoms with E-state index in [1.54, 1.807) is 30.5 Å². The molecule has 0 aromatic heterocycles. The lowest BCUT2D eigenvalue weighted by atomic mass is 10.1. The zero-order chi connectivity index (χ0) is 15.9. The van der Waals surface area contributed by atoms with Crippen LogP contribution in [-0.4, -0.2) is 11.9 Å². The second-order valence-electron chi connectivity index (χ2n) is 4.73. The number of primary amides is 1. The molecular formula is C17H17N3O2. The lowest BCUT2D eigenvalue weighted by Gasteiger charge is -2.05. The molecule has 0 bridgehead atoms. The Hall–Kier alpha value is -3.08. The Labute approximate surface area is 128 Å². The average molecular weight is 295 g/mol. The molecule has 0 radical (unpaired) electrons. The predicted molar refractivity (Wildman–Crippen MR) is 87.3 cm³/mol. The van der Waals surface area contributed by atoms with E-state index >= 15 is 0 Å². The van der Waals surface area contributed by atoms with E-state index in [0.29, 0.717) is 11.3 Å². The molecule has 2 rings (SSSR count). The summed E-state index contributed by atoms with van der Waals surface area (Å²) >= 11 is 0. The van der Waals surface area contributed by atoms with Crippen molar-refractivity contribution in [3.05, 3.63) is 71.4 Å². The maximum atomic E-state index is 11.7. The summed E-state index contributed by atoms with van der Waals surface area (Å²) in [7, 11) is 0. The monoisotopic (exact) mass is 295 g/mol. The van der Waals surface area contributed by atoms with Gasteiger partial charge in [0.25, 0.3) is 0 Å². The number of hydrogen-bond donors (Lipinski definition) is 3. The molecule has 0 heterocycles. The molecule has 3 amide bonds. The molecule has 0 spiro atoms. The van der Waals surface area contributed by atoms with Gasteiger partial charge >= 0.3 is 6.03 Å². The van der Waals surface area contributed by atoms with Gasteiger partial charge in [0, 0.05) is 17.5 Å². The first kappa shape index (κ1) is 15.3. The van der Waals surface area contributed by atoms with Crippen LogP contribution in [0.5, 0.6) is 0 Å². The van der Waals surface area contributed by atoms with Gasteiger partial charge in [0.05, 0.1) is 0 Å². The van der Waals surface area contributed by atoms with Gasteiger partial charge in [-0.25, -0.2) is 4.79 Å². The molecule has 0 saturated heterocycles. The normalized spacial score (nSPS) is 10.4. The van der Waals surface area contributed by atoms with Gasteiger partial charge < -0.3 is 16.4 Å². The number of hydrogen-bond acceptors (Lipinski definition) is 2. The van der Waals surface area contributed by atoms with Crippen LogP contribution < -0.4 is 16.4 Å². The van der Waals surface area contributed by atoms with E-state index in [9.17, 15) is 9.59 Å². The van der Waals surface area contributed by atoms with Crippen molar-refractivity contribution in [3.8, 4) is 0 Å². The summed E-state index contributed by atoms with van der Waals surface area (Å²) in [6, 6.07) is 13.8. The molecular weight excluding hydrogens is 278 g/mol. The van der Waals surface area contributed by atoms with Gasteiger partial charge in [0.15, 0.2) is 0 Å². The molecule has 4 N–H and O–H groups in total. The number of anilines is 1. The molecule has 0 fully saturated rings. The second kappa shape index (κ2) is 7.08. The highest BCUT2D eigenvalue weighted by molar-refractivity contribution is 5.94. The number of nitrogens with one attached hydrogen (secondary N) is 2. The Morgan fingerprint density at radius 2 is 1.73 bits per heavy atom. The fourth-order valence-corrected chi connectivity index (χ4v) is 1.87. The smallest absolute Gasteiger partial charge is 0.323 e. The van der Waals surface area contributed by atoms with Gasteiger partial charge in [-0.1, -0.05) is 24.3 Å². The molecule has 0 saturated carbocycles. The van der Waals surface area contributed by atoms with E-state index in [-0.39, 0.29) is 6.03 Å². The van der Waals surface area contributed by atoms with Crippen LogP contribution in [0.25, 0.3) is 6.08 Å². The number of amides is 3. The van der Waals surface area contributed by atoms with Crippen molar-refractivity contribution >= 4 is 23.7 Å². The highest BCUT2D eigenvalue weighted by Gasteiger charge is 2.02. The summed E-state index contributed by atoms with van der Waals surface area (Å²) in [5.41, 5.74) is 8.28. The van der Waals surface area contributed by atoms with Crippen LogP contribution in [0.3, 0.4) is 0 Å². The molecule has 0 unspecified atom stereocenters. The summed E-state index contributed by atoms with van der Waals surface area (Å²) in [5, 5.41) is 5.28. The van der Waals surface area contributed by atoms with Crippen molar-refractivity contribution in [2.75, 3.05) is 5.32 Å². The molecule has 2 aromatic carbocycles. The summed E-state index contributed by atoms with van der Waals surface area (Å²) in [6.07, 6.45) is 3.40. The Bertz CT molecular complexity index is 706. The van der Waals surface area contributed by atoms with Crippen molar-refractivity contribution in [2.24, 2.45) is 5.73 Å². The van der Waals surface area contributed by atoms with E-state index in [4.69, 9.17) is 5.73 Å². The quantitative estimate of drug-likeness (QED) is 0.810. The first-order valence-electron chi connectivity index (χ1n) is 6.76. The third kappa shape index (κ3) is 4.21. The number of aryl methyl sites for hydroxylation is 1. The molecule has 22 heavy (non-hydrogen) atoms. The van der Waals surface area contributed by atoms with Crippen molar-refractivity contribution < 1.29 is 9.59 Å². The number of rotatable bonds is 4. The second-order valence-corrected chi connectivity index (χ2v) is 4.73. The van der Waals surface area contributed by atoms with Crippen LogP contribution in [0, 0.1) is 6.92 Å². The Morgan fingerprint density at radius 1 is 1.05 bits per heavy atom. The fraction of sp³-hybridized carbons (Fsp3) is 0.0588. The number of carbonyl (C=O) groups excluding carboxylic acids is 2. The first-order chi connectivity index (χ1) is 10.6. The highest BCUT2D eigenvalue weighted by Crippen LogP contribution is 2.10. The van der Waals surface area contributed by atoms with Gasteiger partial charge in [-0.05, 0) is 48.4 Å². The Kier molecular flexibility index (Phi) is 4.93. The van der Waals surface area contributed by atoms with Crippen LogP contribution in [0.4, 0.5) is 10.5 Å². The minimum atomic E-state index is -0.503. The maximum Gasteiger partial charge on any atom is 0.323 e. The largest absolute Gasteiger partial charge is 0.366 e. The van der Waals surface area contributed by atoms with Gasteiger partial charge in [0.1, 0.15) is 0 Å². The topological polar surface area (TPSA) is 84.2 Å². The van der Waals surface area contributed by atoms with Crippen LogP contribution in [0.1, 0.15) is 21.5 Å². The van der Waals surface area contributed by atoms with Crippen molar-refractivity contribution in [2.45, 2.75) is 6.92 Å². The van der Waals surface area contributed by atoms with Crippen LogP contribution in [0.2, 0.25) is 0 Å². The summed E-state index contributed by atoms with van der Waals surface area (Å²) in [4.78, 5) is 22.7. The third-order valence-electron chi connectivity index (χ3n) is 3.09. The molecule has 0 aliphatic carbocycles. The number of carbonyl (C=O) groups is 2. The zero-order valence-electron chi connectivity index (χ0n) is 12.2. The lowest BCUT2D eigenvalue weighted by Crippen LogP contribution is -2.23. The van der Waals surface area contributed by atoms with E-state index in [2.05, 4.69) is 10.6 Å². The maximum absolute atomic E-state index is 11.7. The van der Waals surface area contributed by atoms with E-state index in [1.165, 1.54) is 0 Å². The SMILES string of the molecule is Cc1ccccc1/C=C/NC(=O)Nc1ccc(C(N)=O)cc1. The molecule has 5 heteroatoms. The summed E-state index contributed by atoms with van der Waals surface area (Å²) in [5.74, 6) is -0.503. The molecule has 0 atom stereocenters. The van der Waals surface area contributed by atoms with Gasteiger partial charge in [-0.2, -0.15) is 0 Å². The average Bonchev–Trinajstić information content (AvgIpc) is 2.50. The molecule has 2 aromatic rings. The predicted octanol–water partition coefficient (Wildman–Crippen LogP) is 2.89. The van der Waals surface area contributed by atoms with Gasteiger partial charge in [-0.15, -0.1) is 0 Å². The standard InChI is InChI=1S/C17H17N3O2/c1-12-4-2-3-5-13(12)10-11-19-17(22)20-15-8-6-14(7-9-15)16(18)21/h2-11H,1H3,(H2,18,21)(H2,19,20,22)/b11-10+. The van der Waals surface area contributed by atoms with E-state index in [0.717, 1.165) is 11.1 Å². The van der Waals surface area contributed by atoms with Crippen molar-refractivity contribution in [1.82, 2.24) is 5.32 Å². The molecule has 112 valence electrons. The zero-order valence-corrected chi connectivity index (χ0v) is 12.2. The molecule has 0 aliphatic heterocycles. The molecule has 5 nitrogen and oxygen atoms in total. The third-order valence-corrected chi connectivity index (χ3v) is 3.09. The van der Waals surface area contributed by atoms with E-state index in [1.807, 2.05) is 37.3 Å². The van der Waals surface area contributed by atoms with Gasteiger partial charge in [-0.3, -0.25) is 4.79 Å². The molecule has 0 aliphatic rings. The number of urea groups is 1. The summed E-state index contributed by atoms with van der Waals surface area (Å²) < 4.78 is 0. The van der Waals surface area contributed by atoms with E-state index < -0.39 is 5.91 Å². The summed E-state index contributed by atoms with van der Waals surface area (Å²) in [6.45, 7) is 2.00.